The summed E-state index contributed by atoms with van der Waals surface area (Å²) < 4.78 is 7.42. The van der Waals surface area contributed by atoms with Gasteiger partial charge in [-0.15, -0.1) is 16.7 Å². The highest BCUT2D eigenvalue weighted by Gasteiger charge is 2.14. The average molecular weight is 259 g/mol. The first-order valence-corrected chi connectivity index (χ1v) is 6.03. The fourth-order valence-electron chi connectivity index (χ4n) is 1.32. The van der Waals surface area contributed by atoms with Crippen LogP contribution < -0.4 is 4.74 Å². The molecule has 0 saturated carbocycles. The number of halogens is 1. The smallest absolute Gasteiger partial charge is 0.299 e. The van der Waals surface area contributed by atoms with Gasteiger partial charge < -0.3 is 4.74 Å². The van der Waals surface area contributed by atoms with Crippen LogP contribution in [0.2, 0.25) is 0 Å². The van der Waals surface area contributed by atoms with Gasteiger partial charge in [-0.05, 0) is 13.8 Å². The minimum absolute atomic E-state index is 0.353. The van der Waals surface area contributed by atoms with Crippen LogP contribution in [0.5, 0.6) is 10.9 Å². The fraction of sp³-hybridized carbons (Fsp3) is 0.444. The van der Waals surface area contributed by atoms with E-state index in [1.54, 1.807) is 4.68 Å². The molecule has 2 aromatic heterocycles. The van der Waals surface area contributed by atoms with E-state index in [4.69, 9.17) is 16.3 Å². The molecule has 2 heterocycles. The van der Waals surface area contributed by atoms with Crippen molar-refractivity contribution in [3.8, 4) is 10.9 Å². The minimum atomic E-state index is 0.353. The molecular formula is C9H11ClN4OS. The Labute approximate surface area is 102 Å². The summed E-state index contributed by atoms with van der Waals surface area (Å²) in [7, 11) is 1.87. The molecule has 0 aromatic carbocycles. The summed E-state index contributed by atoms with van der Waals surface area (Å²) in [6, 6.07) is 0. The number of ether oxygens (including phenoxy) is 1. The zero-order valence-electron chi connectivity index (χ0n) is 9.19. The van der Waals surface area contributed by atoms with Crippen LogP contribution in [0.4, 0.5) is 0 Å². The van der Waals surface area contributed by atoms with Crippen molar-refractivity contribution in [1.29, 1.82) is 0 Å². The largest absolute Gasteiger partial charge is 0.426 e. The van der Waals surface area contributed by atoms with E-state index >= 15 is 0 Å². The van der Waals surface area contributed by atoms with E-state index in [0.717, 1.165) is 22.1 Å². The van der Waals surface area contributed by atoms with Crippen molar-refractivity contribution >= 4 is 22.9 Å². The lowest BCUT2D eigenvalue weighted by Gasteiger charge is -2.00. The Kier molecular flexibility index (Phi) is 3.11. The second kappa shape index (κ2) is 4.39. The summed E-state index contributed by atoms with van der Waals surface area (Å²) >= 11 is 6.99. The van der Waals surface area contributed by atoms with Gasteiger partial charge in [-0.1, -0.05) is 16.4 Å². The lowest BCUT2D eigenvalue weighted by atomic mass is 10.3. The third kappa shape index (κ3) is 2.03. The van der Waals surface area contributed by atoms with E-state index in [-0.39, 0.29) is 0 Å². The zero-order valence-corrected chi connectivity index (χ0v) is 10.8. The van der Waals surface area contributed by atoms with E-state index in [0.29, 0.717) is 11.1 Å². The number of rotatable bonds is 3. The van der Waals surface area contributed by atoms with Crippen molar-refractivity contribution in [3.63, 3.8) is 0 Å². The molecule has 16 heavy (non-hydrogen) atoms. The Bertz CT molecular complexity index is 508. The maximum atomic E-state index is 5.65. The Morgan fingerprint density at radius 2 is 2.12 bits per heavy atom. The molecule has 2 rings (SSSR count). The Morgan fingerprint density at radius 3 is 2.62 bits per heavy atom. The van der Waals surface area contributed by atoms with Gasteiger partial charge in [0, 0.05) is 7.05 Å². The number of hydrogen-bond acceptors (Lipinski definition) is 5. The lowest BCUT2D eigenvalue weighted by molar-refractivity contribution is 0.465. The normalized spacial score (nSPS) is 10.8. The zero-order chi connectivity index (χ0) is 11.7. The molecule has 0 aliphatic rings. The number of aromatic nitrogens is 4. The molecule has 0 saturated heterocycles. The molecule has 0 bridgehead atoms. The molecule has 0 spiro atoms. The minimum Gasteiger partial charge on any atom is -0.426 e. The monoisotopic (exact) mass is 258 g/mol. The molecule has 5 nitrogen and oxygen atoms in total. The number of hydrogen-bond donors (Lipinski definition) is 0. The first kappa shape index (κ1) is 11.3. The van der Waals surface area contributed by atoms with Gasteiger partial charge >= 0.3 is 0 Å². The van der Waals surface area contributed by atoms with Crippen molar-refractivity contribution in [2.75, 3.05) is 0 Å². The van der Waals surface area contributed by atoms with Crippen LogP contribution >= 0.6 is 22.9 Å². The molecule has 0 radical (unpaired) electrons. The van der Waals surface area contributed by atoms with Gasteiger partial charge in [-0.3, -0.25) is 4.68 Å². The summed E-state index contributed by atoms with van der Waals surface area (Å²) in [4.78, 5) is 0. The molecular weight excluding hydrogens is 248 g/mol. The highest BCUT2D eigenvalue weighted by atomic mass is 35.5. The predicted molar refractivity (Wildman–Crippen MR) is 62.2 cm³/mol. The lowest BCUT2D eigenvalue weighted by Crippen LogP contribution is -1.93. The summed E-state index contributed by atoms with van der Waals surface area (Å²) in [6.07, 6.45) is 0. The molecule has 0 aliphatic heterocycles. The highest BCUT2D eigenvalue weighted by molar-refractivity contribution is 7.13. The van der Waals surface area contributed by atoms with Gasteiger partial charge in [0.2, 0.25) is 0 Å². The maximum Gasteiger partial charge on any atom is 0.299 e. The van der Waals surface area contributed by atoms with Crippen LogP contribution in [0.1, 0.15) is 16.4 Å². The standard InChI is InChI=1S/C9H11ClN4OS/c1-5-8(6(2)14(3)13-5)15-9-12-11-7(4-10)16-9/h4H2,1-3H3. The second-order valence-electron chi connectivity index (χ2n) is 3.32. The summed E-state index contributed by atoms with van der Waals surface area (Å²) in [5.41, 5.74) is 1.79. The van der Waals surface area contributed by atoms with Crippen molar-refractivity contribution in [2.45, 2.75) is 19.7 Å². The number of aryl methyl sites for hydroxylation is 2. The average Bonchev–Trinajstić information content (AvgIpc) is 2.80. The summed E-state index contributed by atoms with van der Waals surface area (Å²) in [5, 5.41) is 13.3. The summed E-state index contributed by atoms with van der Waals surface area (Å²) in [6.45, 7) is 3.84. The van der Waals surface area contributed by atoms with Crippen LogP contribution in [0, 0.1) is 13.8 Å². The highest BCUT2D eigenvalue weighted by Crippen LogP contribution is 2.30. The topological polar surface area (TPSA) is 52.8 Å². The van der Waals surface area contributed by atoms with Gasteiger partial charge in [-0.25, -0.2) is 0 Å². The van der Waals surface area contributed by atoms with Gasteiger partial charge in [-0.2, -0.15) is 5.10 Å². The van der Waals surface area contributed by atoms with Gasteiger partial charge in [0.05, 0.1) is 11.6 Å². The second-order valence-corrected chi connectivity index (χ2v) is 4.61. The Morgan fingerprint density at radius 1 is 1.38 bits per heavy atom. The molecule has 0 fully saturated rings. The van der Waals surface area contributed by atoms with Crippen molar-refractivity contribution in [1.82, 2.24) is 20.0 Å². The summed E-state index contributed by atoms with van der Waals surface area (Å²) in [5.74, 6) is 1.09. The van der Waals surface area contributed by atoms with Gasteiger partial charge in [0.25, 0.3) is 5.19 Å². The molecule has 2 aromatic rings. The first-order valence-electron chi connectivity index (χ1n) is 4.68. The van der Waals surface area contributed by atoms with E-state index in [2.05, 4.69) is 15.3 Å². The molecule has 86 valence electrons. The van der Waals surface area contributed by atoms with Gasteiger partial charge in [0.1, 0.15) is 10.7 Å². The molecule has 0 amide bonds. The molecule has 0 aliphatic carbocycles. The van der Waals surface area contributed by atoms with Crippen LogP contribution in [0.25, 0.3) is 0 Å². The maximum absolute atomic E-state index is 5.65. The molecule has 0 atom stereocenters. The van der Waals surface area contributed by atoms with Crippen LogP contribution in [-0.4, -0.2) is 20.0 Å². The number of alkyl halides is 1. The third-order valence-corrected chi connectivity index (χ3v) is 3.41. The van der Waals surface area contributed by atoms with E-state index in [9.17, 15) is 0 Å². The quantitative estimate of drug-likeness (QED) is 0.794. The van der Waals surface area contributed by atoms with Crippen molar-refractivity contribution < 1.29 is 4.74 Å². The van der Waals surface area contributed by atoms with E-state index < -0.39 is 0 Å². The Balaban J connectivity index is 2.26. The van der Waals surface area contributed by atoms with Crippen LogP contribution in [-0.2, 0) is 12.9 Å². The number of nitrogens with zero attached hydrogens (tertiary/aromatic N) is 4. The van der Waals surface area contributed by atoms with E-state index in [1.807, 2.05) is 20.9 Å². The van der Waals surface area contributed by atoms with Gasteiger partial charge in [0.15, 0.2) is 5.75 Å². The Hall–Kier alpha value is -1.14. The molecule has 7 heteroatoms. The predicted octanol–water partition coefficient (Wildman–Crippen LogP) is 2.42. The van der Waals surface area contributed by atoms with E-state index in [1.165, 1.54) is 11.3 Å². The third-order valence-electron chi connectivity index (χ3n) is 2.19. The van der Waals surface area contributed by atoms with Crippen molar-refractivity contribution in [3.05, 3.63) is 16.4 Å². The van der Waals surface area contributed by atoms with Crippen LogP contribution in [0.3, 0.4) is 0 Å². The fourth-order valence-corrected chi connectivity index (χ4v) is 2.08. The first-order chi connectivity index (χ1) is 7.61. The SMILES string of the molecule is Cc1nn(C)c(C)c1Oc1nnc(CCl)s1. The molecule has 0 unspecified atom stereocenters. The van der Waals surface area contributed by atoms with Crippen molar-refractivity contribution in [2.24, 2.45) is 7.05 Å². The van der Waals surface area contributed by atoms with Crippen LogP contribution in [0.15, 0.2) is 0 Å². The molecule has 0 N–H and O–H groups in total.